The lowest BCUT2D eigenvalue weighted by atomic mass is 10.3. The molecule has 0 fully saturated rings. The normalized spacial score (nSPS) is 11.7. The van der Waals surface area contributed by atoms with E-state index < -0.39 is 34.6 Å². The van der Waals surface area contributed by atoms with Gasteiger partial charge in [0, 0.05) is 31.0 Å². The largest absolute Gasteiger partial charge is 0.433 e. The third-order valence-electron chi connectivity index (χ3n) is 4.05. The zero-order valence-corrected chi connectivity index (χ0v) is 17.7. The number of benzene rings is 1. The lowest BCUT2D eigenvalue weighted by molar-refractivity contribution is -0.116. The van der Waals surface area contributed by atoms with Gasteiger partial charge in [0.15, 0.2) is 0 Å². The van der Waals surface area contributed by atoms with E-state index in [2.05, 4.69) is 10.1 Å². The van der Waals surface area contributed by atoms with Gasteiger partial charge < -0.3 is 14.6 Å². The highest BCUT2D eigenvalue weighted by atomic mass is 35.5. The lowest BCUT2D eigenvalue weighted by Gasteiger charge is -2.19. The highest BCUT2D eigenvalue weighted by Crippen LogP contribution is 2.28. The molecule has 2 rings (SSSR count). The molecule has 0 unspecified atom stereocenters. The number of carbonyl (C=O) groups is 1. The van der Waals surface area contributed by atoms with Gasteiger partial charge in [0.1, 0.15) is 12.3 Å². The van der Waals surface area contributed by atoms with Gasteiger partial charge in [-0.3, -0.25) is 9.59 Å². The van der Waals surface area contributed by atoms with Crippen LogP contribution in [0.15, 0.2) is 46.2 Å². The van der Waals surface area contributed by atoms with E-state index in [4.69, 9.17) is 11.6 Å². The number of aromatic nitrogens is 1. The van der Waals surface area contributed by atoms with Gasteiger partial charge in [-0.2, -0.15) is 13.1 Å². The Hall–Kier alpha value is -2.50. The SMILES string of the molecule is CCN(CC)S(=O)(=O)c1ccc(=O)n(CC(=O)Nc2ccc(OC(F)F)c(Cl)c2)c1. The molecule has 1 heterocycles. The van der Waals surface area contributed by atoms with Crippen molar-refractivity contribution in [1.29, 1.82) is 0 Å². The van der Waals surface area contributed by atoms with Gasteiger partial charge in [0.05, 0.1) is 9.92 Å². The summed E-state index contributed by atoms with van der Waals surface area (Å²) in [6.07, 6.45) is 1.10. The molecule has 0 saturated carbocycles. The predicted molar refractivity (Wildman–Crippen MR) is 108 cm³/mol. The maximum absolute atomic E-state index is 12.6. The maximum atomic E-state index is 12.6. The quantitative estimate of drug-likeness (QED) is 0.616. The number of hydrogen-bond donors (Lipinski definition) is 1. The average molecular weight is 464 g/mol. The minimum Gasteiger partial charge on any atom is -0.433 e. The molecule has 8 nitrogen and oxygen atoms in total. The second-order valence-electron chi connectivity index (χ2n) is 5.99. The van der Waals surface area contributed by atoms with Crippen LogP contribution in [0.1, 0.15) is 13.8 Å². The first-order valence-corrected chi connectivity index (χ1v) is 10.6. The number of nitrogens with zero attached hydrogens (tertiary/aromatic N) is 2. The molecule has 1 N–H and O–H groups in total. The minimum absolute atomic E-state index is 0.116. The van der Waals surface area contributed by atoms with Crippen LogP contribution in [-0.4, -0.2) is 42.9 Å². The van der Waals surface area contributed by atoms with Gasteiger partial charge in [-0.15, -0.1) is 0 Å². The average Bonchev–Trinajstić information content (AvgIpc) is 2.66. The molecular formula is C18H20ClF2N3O5S. The van der Waals surface area contributed by atoms with E-state index in [1.165, 1.54) is 22.5 Å². The highest BCUT2D eigenvalue weighted by molar-refractivity contribution is 7.89. The number of halogens is 3. The Morgan fingerprint density at radius 1 is 1.23 bits per heavy atom. The summed E-state index contributed by atoms with van der Waals surface area (Å²) in [7, 11) is -3.81. The third-order valence-corrected chi connectivity index (χ3v) is 6.37. The highest BCUT2D eigenvalue weighted by Gasteiger charge is 2.22. The van der Waals surface area contributed by atoms with Crippen LogP contribution in [0, 0.1) is 0 Å². The molecule has 30 heavy (non-hydrogen) atoms. The molecule has 1 aromatic heterocycles. The number of rotatable bonds is 9. The van der Waals surface area contributed by atoms with E-state index >= 15 is 0 Å². The van der Waals surface area contributed by atoms with Crippen molar-refractivity contribution >= 4 is 33.2 Å². The molecular weight excluding hydrogens is 444 g/mol. The molecule has 0 bridgehead atoms. The van der Waals surface area contributed by atoms with Crippen LogP contribution in [0.4, 0.5) is 14.5 Å². The molecule has 0 aliphatic rings. The Kier molecular flexibility index (Phi) is 7.93. The first-order chi connectivity index (χ1) is 14.1. The van der Waals surface area contributed by atoms with Gasteiger partial charge in [0.25, 0.3) is 5.56 Å². The number of hydrogen-bond acceptors (Lipinski definition) is 5. The van der Waals surface area contributed by atoms with Crippen LogP contribution in [0.5, 0.6) is 5.75 Å². The molecule has 0 radical (unpaired) electrons. The third kappa shape index (κ3) is 5.77. The van der Waals surface area contributed by atoms with Crippen LogP contribution in [0.3, 0.4) is 0 Å². The summed E-state index contributed by atoms with van der Waals surface area (Å²) in [6.45, 7) is 0.373. The first kappa shape index (κ1) is 23.8. The molecule has 1 amide bonds. The smallest absolute Gasteiger partial charge is 0.387 e. The van der Waals surface area contributed by atoms with Crippen molar-refractivity contribution in [3.05, 3.63) is 51.9 Å². The Bertz CT molecular complexity index is 1070. The van der Waals surface area contributed by atoms with E-state index in [0.29, 0.717) is 0 Å². The Morgan fingerprint density at radius 2 is 1.90 bits per heavy atom. The monoisotopic (exact) mass is 463 g/mol. The Morgan fingerprint density at radius 3 is 2.47 bits per heavy atom. The summed E-state index contributed by atoms with van der Waals surface area (Å²) in [4.78, 5) is 24.2. The van der Waals surface area contributed by atoms with E-state index in [9.17, 15) is 26.8 Å². The number of nitrogens with one attached hydrogen (secondary N) is 1. The lowest BCUT2D eigenvalue weighted by Crippen LogP contribution is -2.33. The van der Waals surface area contributed by atoms with Crippen LogP contribution < -0.4 is 15.6 Å². The molecule has 0 atom stereocenters. The standard InChI is InChI=1S/C18H20ClF2N3O5S/c1-3-24(4-2)30(27,28)13-6-8-17(26)23(10-13)11-16(25)22-12-5-7-15(14(19)9-12)29-18(20)21/h5-10,18H,3-4,11H2,1-2H3,(H,22,25). The van der Waals surface area contributed by atoms with Crippen molar-refractivity contribution in [1.82, 2.24) is 8.87 Å². The van der Waals surface area contributed by atoms with Crippen LogP contribution in [-0.2, 0) is 21.4 Å². The summed E-state index contributed by atoms with van der Waals surface area (Å²) in [5.74, 6) is -0.900. The molecule has 164 valence electrons. The number of amides is 1. The number of carbonyl (C=O) groups excluding carboxylic acids is 1. The summed E-state index contributed by atoms with van der Waals surface area (Å²) in [6, 6.07) is 5.92. The van der Waals surface area contributed by atoms with Crippen molar-refractivity contribution in [2.45, 2.75) is 31.9 Å². The van der Waals surface area contributed by atoms with Gasteiger partial charge >= 0.3 is 6.61 Å². The minimum atomic E-state index is -3.81. The summed E-state index contributed by atoms with van der Waals surface area (Å²) < 4.78 is 56.2. The zero-order valence-electron chi connectivity index (χ0n) is 16.1. The van der Waals surface area contributed by atoms with E-state index in [1.54, 1.807) is 13.8 Å². The van der Waals surface area contributed by atoms with E-state index in [0.717, 1.165) is 22.9 Å². The fourth-order valence-electron chi connectivity index (χ4n) is 2.62. The summed E-state index contributed by atoms with van der Waals surface area (Å²) >= 11 is 5.83. The van der Waals surface area contributed by atoms with Gasteiger partial charge in [0.2, 0.25) is 15.9 Å². The number of sulfonamides is 1. The zero-order chi connectivity index (χ0) is 22.5. The molecule has 0 spiro atoms. The fourth-order valence-corrected chi connectivity index (χ4v) is 4.33. The summed E-state index contributed by atoms with van der Waals surface area (Å²) in [5, 5.41) is 2.32. The second kappa shape index (κ2) is 10.0. The van der Waals surface area contributed by atoms with Crippen molar-refractivity contribution < 1.29 is 26.7 Å². The Balaban J connectivity index is 2.19. The Labute approximate surface area is 177 Å². The first-order valence-electron chi connectivity index (χ1n) is 8.83. The molecule has 0 aliphatic carbocycles. The number of alkyl halides is 2. The fraction of sp³-hybridized carbons (Fsp3) is 0.333. The van der Waals surface area contributed by atoms with Crippen molar-refractivity contribution in [2.75, 3.05) is 18.4 Å². The van der Waals surface area contributed by atoms with Crippen molar-refractivity contribution in [2.24, 2.45) is 0 Å². The van der Waals surface area contributed by atoms with E-state index in [1.807, 2.05) is 0 Å². The molecule has 2 aromatic rings. The maximum Gasteiger partial charge on any atom is 0.387 e. The molecule has 12 heteroatoms. The predicted octanol–water partition coefficient (Wildman–Crippen LogP) is 2.77. The number of pyridine rings is 1. The summed E-state index contributed by atoms with van der Waals surface area (Å²) in [5.41, 5.74) is -0.381. The van der Waals surface area contributed by atoms with Gasteiger partial charge in [-0.05, 0) is 24.3 Å². The van der Waals surface area contributed by atoms with Gasteiger partial charge in [-0.1, -0.05) is 25.4 Å². The van der Waals surface area contributed by atoms with Crippen LogP contribution in [0.2, 0.25) is 5.02 Å². The topological polar surface area (TPSA) is 97.7 Å². The molecule has 0 saturated heterocycles. The van der Waals surface area contributed by atoms with Crippen LogP contribution in [0.25, 0.3) is 0 Å². The van der Waals surface area contributed by atoms with Crippen molar-refractivity contribution in [3.8, 4) is 5.75 Å². The second-order valence-corrected chi connectivity index (χ2v) is 8.34. The van der Waals surface area contributed by atoms with Gasteiger partial charge in [-0.25, -0.2) is 8.42 Å². The molecule has 0 aliphatic heterocycles. The number of ether oxygens (including phenoxy) is 1. The van der Waals surface area contributed by atoms with E-state index in [-0.39, 0.29) is 34.4 Å². The molecule has 1 aromatic carbocycles. The van der Waals surface area contributed by atoms with Crippen LogP contribution >= 0.6 is 11.6 Å². The number of anilines is 1. The van der Waals surface area contributed by atoms with Crippen molar-refractivity contribution in [3.63, 3.8) is 0 Å².